The molecule has 0 radical (unpaired) electrons. The predicted octanol–water partition coefficient (Wildman–Crippen LogP) is 2.75. The molecule has 2 nitrogen and oxygen atoms in total. The molecule has 0 saturated heterocycles. The molecule has 1 fully saturated rings. The van der Waals surface area contributed by atoms with Crippen LogP contribution in [0.1, 0.15) is 32.6 Å². The normalized spacial score (nSPS) is 29.1. The van der Waals surface area contributed by atoms with Gasteiger partial charge in [0.05, 0.1) is 18.8 Å². The van der Waals surface area contributed by atoms with Crippen molar-refractivity contribution in [2.75, 3.05) is 18.5 Å². The van der Waals surface area contributed by atoms with Crippen LogP contribution in [0.2, 0.25) is 0 Å². The summed E-state index contributed by atoms with van der Waals surface area (Å²) in [5.74, 6) is 0. The van der Waals surface area contributed by atoms with Crippen LogP contribution in [0.5, 0.6) is 0 Å². The zero-order chi connectivity index (χ0) is 9.52. The Balaban J connectivity index is 2.28. The second-order valence-corrected chi connectivity index (χ2v) is 4.17. The van der Waals surface area contributed by atoms with Crippen molar-refractivity contribution >= 4 is 15.9 Å². The van der Waals surface area contributed by atoms with E-state index >= 15 is 0 Å². The van der Waals surface area contributed by atoms with Gasteiger partial charge in [0.2, 0.25) is 0 Å². The van der Waals surface area contributed by atoms with Crippen molar-refractivity contribution in [2.24, 2.45) is 0 Å². The highest BCUT2D eigenvalue weighted by Crippen LogP contribution is 2.23. The molecule has 13 heavy (non-hydrogen) atoms. The molecule has 0 heterocycles. The van der Waals surface area contributed by atoms with E-state index < -0.39 is 0 Å². The van der Waals surface area contributed by atoms with Crippen molar-refractivity contribution in [1.82, 2.24) is 0 Å². The number of rotatable bonds is 5. The number of halogens is 1. The largest absolute Gasteiger partial charge is 0.376 e. The van der Waals surface area contributed by atoms with Crippen molar-refractivity contribution in [1.29, 1.82) is 0 Å². The monoisotopic (exact) mass is 250 g/mol. The van der Waals surface area contributed by atoms with E-state index in [0.29, 0.717) is 12.2 Å². The molecule has 0 aliphatic heterocycles. The van der Waals surface area contributed by atoms with Crippen molar-refractivity contribution < 1.29 is 9.47 Å². The number of alkyl halides is 1. The Kier molecular flexibility index (Phi) is 6.00. The molecule has 3 heteroatoms. The van der Waals surface area contributed by atoms with Crippen LogP contribution in [0, 0.1) is 0 Å². The second-order valence-electron chi connectivity index (χ2n) is 3.38. The summed E-state index contributed by atoms with van der Waals surface area (Å²) in [7, 11) is 0. The Morgan fingerprint density at radius 2 is 1.77 bits per heavy atom. The van der Waals surface area contributed by atoms with E-state index in [2.05, 4.69) is 22.9 Å². The first-order valence-electron chi connectivity index (χ1n) is 5.17. The lowest BCUT2D eigenvalue weighted by molar-refractivity contribution is -0.0852. The van der Waals surface area contributed by atoms with Gasteiger partial charge >= 0.3 is 0 Å². The quantitative estimate of drug-likeness (QED) is 0.699. The first kappa shape index (κ1) is 11.5. The summed E-state index contributed by atoms with van der Waals surface area (Å²) in [5, 5.41) is 0.919. The zero-order valence-electron chi connectivity index (χ0n) is 8.30. The average molecular weight is 251 g/mol. The molecular formula is C10H19BrO2. The minimum atomic E-state index is 0.339. The van der Waals surface area contributed by atoms with Crippen molar-refractivity contribution in [2.45, 2.75) is 44.8 Å². The third kappa shape index (κ3) is 3.96. The number of hydrogen-bond acceptors (Lipinski definition) is 2. The van der Waals surface area contributed by atoms with Gasteiger partial charge in [0.25, 0.3) is 0 Å². The van der Waals surface area contributed by atoms with E-state index in [4.69, 9.17) is 9.47 Å². The first-order chi connectivity index (χ1) is 6.38. The summed E-state index contributed by atoms with van der Waals surface area (Å²) < 4.78 is 11.4. The van der Waals surface area contributed by atoms with Gasteiger partial charge in [0.1, 0.15) is 0 Å². The Bertz CT molecular complexity index is 128. The summed E-state index contributed by atoms with van der Waals surface area (Å²) in [5.41, 5.74) is 0. The summed E-state index contributed by atoms with van der Waals surface area (Å²) in [4.78, 5) is 0. The summed E-state index contributed by atoms with van der Waals surface area (Å²) >= 11 is 3.37. The third-order valence-corrected chi connectivity index (χ3v) is 2.76. The molecule has 1 rings (SSSR count). The van der Waals surface area contributed by atoms with Gasteiger partial charge in [-0.1, -0.05) is 28.8 Å². The highest BCUT2D eigenvalue weighted by Gasteiger charge is 2.25. The van der Waals surface area contributed by atoms with E-state index in [1.807, 2.05) is 0 Å². The lowest BCUT2D eigenvalue weighted by Gasteiger charge is -2.30. The summed E-state index contributed by atoms with van der Waals surface area (Å²) in [6.45, 7) is 3.66. The number of hydrogen-bond donors (Lipinski definition) is 0. The number of ether oxygens (including phenoxy) is 2. The molecule has 0 bridgehead atoms. The predicted molar refractivity (Wildman–Crippen MR) is 57.4 cm³/mol. The van der Waals surface area contributed by atoms with Crippen molar-refractivity contribution in [3.63, 3.8) is 0 Å². The van der Waals surface area contributed by atoms with Gasteiger partial charge in [-0.25, -0.2) is 0 Å². The van der Waals surface area contributed by atoms with Crippen LogP contribution in [0.25, 0.3) is 0 Å². The molecule has 0 spiro atoms. The van der Waals surface area contributed by atoms with Crippen LogP contribution in [0.4, 0.5) is 0 Å². The fourth-order valence-electron chi connectivity index (χ4n) is 1.85. The molecular weight excluding hydrogens is 232 g/mol. The molecule has 2 atom stereocenters. The molecule has 2 unspecified atom stereocenters. The Morgan fingerprint density at radius 1 is 1.15 bits per heavy atom. The van der Waals surface area contributed by atoms with E-state index in [1.165, 1.54) is 19.3 Å². The molecule has 0 aromatic heterocycles. The lowest BCUT2D eigenvalue weighted by Crippen LogP contribution is -2.35. The molecule has 1 saturated carbocycles. The lowest BCUT2D eigenvalue weighted by atomic mass is 9.94. The van der Waals surface area contributed by atoms with Gasteiger partial charge in [0, 0.05) is 11.9 Å². The fourth-order valence-corrected chi connectivity index (χ4v) is 2.04. The maximum absolute atomic E-state index is 5.73. The molecule has 0 N–H and O–H groups in total. The van der Waals surface area contributed by atoms with Crippen LogP contribution >= 0.6 is 15.9 Å². The zero-order valence-corrected chi connectivity index (χ0v) is 9.88. The topological polar surface area (TPSA) is 18.5 Å². The van der Waals surface area contributed by atoms with Gasteiger partial charge in [-0.15, -0.1) is 0 Å². The second kappa shape index (κ2) is 6.80. The van der Waals surface area contributed by atoms with Crippen LogP contribution in [0.3, 0.4) is 0 Å². The highest BCUT2D eigenvalue weighted by molar-refractivity contribution is 9.09. The van der Waals surface area contributed by atoms with Crippen molar-refractivity contribution in [3.05, 3.63) is 0 Å². The molecule has 0 aromatic carbocycles. The van der Waals surface area contributed by atoms with Gasteiger partial charge in [-0.2, -0.15) is 0 Å². The third-order valence-electron chi connectivity index (χ3n) is 2.43. The summed E-state index contributed by atoms with van der Waals surface area (Å²) in [6, 6.07) is 0. The molecule has 78 valence electrons. The molecule has 1 aliphatic carbocycles. The smallest absolute Gasteiger partial charge is 0.0837 e. The highest BCUT2D eigenvalue weighted by atomic mass is 79.9. The van der Waals surface area contributed by atoms with Crippen LogP contribution in [-0.4, -0.2) is 30.8 Å². The Morgan fingerprint density at radius 3 is 2.31 bits per heavy atom. The van der Waals surface area contributed by atoms with Crippen molar-refractivity contribution in [3.8, 4) is 0 Å². The minimum absolute atomic E-state index is 0.339. The van der Waals surface area contributed by atoms with Gasteiger partial charge in [0.15, 0.2) is 0 Å². The first-order valence-corrected chi connectivity index (χ1v) is 6.29. The average Bonchev–Trinajstić information content (AvgIpc) is 2.17. The Labute approximate surface area is 89.1 Å². The fraction of sp³-hybridized carbons (Fsp3) is 1.00. The van der Waals surface area contributed by atoms with Gasteiger partial charge < -0.3 is 9.47 Å². The van der Waals surface area contributed by atoms with Crippen LogP contribution in [-0.2, 0) is 9.47 Å². The van der Waals surface area contributed by atoms with Gasteiger partial charge in [-0.3, -0.25) is 0 Å². The van der Waals surface area contributed by atoms with E-state index in [9.17, 15) is 0 Å². The maximum Gasteiger partial charge on any atom is 0.0837 e. The molecule has 0 aromatic rings. The van der Waals surface area contributed by atoms with E-state index in [-0.39, 0.29) is 0 Å². The van der Waals surface area contributed by atoms with Crippen LogP contribution in [0.15, 0.2) is 0 Å². The van der Waals surface area contributed by atoms with Gasteiger partial charge in [-0.05, 0) is 19.8 Å². The SMILES string of the molecule is CCOC1CCCCC1OCCBr. The summed E-state index contributed by atoms with van der Waals surface area (Å²) in [6.07, 6.45) is 5.59. The molecule has 0 amide bonds. The minimum Gasteiger partial charge on any atom is -0.376 e. The standard InChI is InChI=1S/C10H19BrO2/c1-2-12-9-5-3-4-6-10(9)13-8-7-11/h9-10H,2-8H2,1H3. The van der Waals surface area contributed by atoms with E-state index in [1.54, 1.807) is 0 Å². The van der Waals surface area contributed by atoms with Crippen LogP contribution < -0.4 is 0 Å². The molecule has 1 aliphatic rings. The van der Waals surface area contributed by atoms with E-state index in [0.717, 1.165) is 25.0 Å². The maximum atomic E-state index is 5.73. The Hall–Kier alpha value is 0.400.